The molecular weight excluding hydrogens is 324 g/mol. The highest BCUT2D eigenvalue weighted by Crippen LogP contribution is 2.64. The van der Waals surface area contributed by atoms with Gasteiger partial charge < -0.3 is 14.6 Å². The fourth-order valence-electron chi connectivity index (χ4n) is 7.04. The SMILES string of the molecule is COc1cc2c(cc1O)CC[C@@H]1[C@@H]2CC[C@]2(C)[C@@H](C(C)CC=O)CC[C@@H]12. The number of methoxy groups -OCH3 is 1. The average molecular weight is 357 g/mol. The smallest absolute Gasteiger partial charge is 0.160 e. The highest BCUT2D eigenvalue weighted by molar-refractivity contribution is 5.50. The maximum Gasteiger partial charge on any atom is 0.160 e. The Morgan fingerprint density at radius 1 is 1.31 bits per heavy atom. The Hall–Kier alpha value is -1.51. The summed E-state index contributed by atoms with van der Waals surface area (Å²) in [6, 6.07) is 4.04. The molecule has 142 valence electrons. The largest absolute Gasteiger partial charge is 0.504 e. The molecule has 3 aliphatic rings. The monoisotopic (exact) mass is 356 g/mol. The fourth-order valence-corrected chi connectivity index (χ4v) is 7.04. The number of ether oxygens (including phenoxy) is 1. The summed E-state index contributed by atoms with van der Waals surface area (Å²) in [5.74, 6) is 4.20. The van der Waals surface area contributed by atoms with Crippen molar-refractivity contribution in [2.75, 3.05) is 7.11 Å². The molecule has 1 unspecified atom stereocenters. The number of aldehydes is 1. The van der Waals surface area contributed by atoms with Crippen LogP contribution >= 0.6 is 0 Å². The number of phenols is 1. The van der Waals surface area contributed by atoms with Gasteiger partial charge in [0.05, 0.1) is 7.11 Å². The van der Waals surface area contributed by atoms with E-state index in [4.69, 9.17) is 4.74 Å². The lowest BCUT2D eigenvalue weighted by Crippen LogP contribution is -2.43. The van der Waals surface area contributed by atoms with Gasteiger partial charge in [0.25, 0.3) is 0 Å². The van der Waals surface area contributed by atoms with Gasteiger partial charge in [-0.2, -0.15) is 0 Å². The molecule has 0 saturated heterocycles. The van der Waals surface area contributed by atoms with Crippen LogP contribution in [0.1, 0.15) is 69.4 Å². The van der Waals surface area contributed by atoms with E-state index in [1.54, 1.807) is 7.11 Å². The number of fused-ring (bicyclic) bond motifs is 5. The summed E-state index contributed by atoms with van der Waals surface area (Å²) in [6.45, 7) is 4.79. The number of aryl methyl sites for hydroxylation is 1. The maximum atomic E-state index is 11.1. The molecule has 3 aliphatic carbocycles. The van der Waals surface area contributed by atoms with Crippen molar-refractivity contribution in [1.29, 1.82) is 0 Å². The number of aromatic hydroxyl groups is 1. The minimum atomic E-state index is 0.272. The standard InChI is InChI=1S/C23H32O3/c1-14(9-11-24)19-6-7-20-17-5-4-15-12-21(25)22(26-3)13-18(15)16(17)8-10-23(19,20)2/h11-14,16-17,19-20,25H,4-10H2,1-3H3/t14?,16-,17+,19+,20-,23+/m0/s1. The second-order valence-corrected chi connectivity index (χ2v) is 9.25. The Morgan fingerprint density at radius 3 is 2.85 bits per heavy atom. The van der Waals surface area contributed by atoms with Crippen LogP contribution in [-0.4, -0.2) is 18.5 Å². The molecular formula is C23H32O3. The molecule has 3 nitrogen and oxygen atoms in total. The van der Waals surface area contributed by atoms with Crippen molar-refractivity contribution in [1.82, 2.24) is 0 Å². The van der Waals surface area contributed by atoms with Gasteiger partial charge in [-0.25, -0.2) is 0 Å². The van der Waals surface area contributed by atoms with Crippen LogP contribution in [0.3, 0.4) is 0 Å². The van der Waals surface area contributed by atoms with E-state index < -0.39 is 0 Å². The summed E-state index contributed by atoms with van der Waals surface area (Å²) < 4.78 is 5.39. The molecule has 0 aromatic heterocycles. The topological polar surface area (TPSA) is 46.5 Å². The van der Waals surface area contributed by atoms with Gasteiger partial charge in [0, 0.05) is 6.42 Å². The Bertz CT molecular complexity index is 697. The van der Waals surface area contributed by atoms with Gasteiger partial charge in [-0.1, -0.05) is 13.8 Å². The number of carbonyl (C=O) groups is 1. The minimum absolute atomic E-state index is 0.272. The third kappa shape index (κ3) is 2.58. The van der Waals surface area contributed by atoms with Crippen LogP contribution in [0.2, 0.25) is 0 Å². The second-order valence-electron chi connectivity index (χ2n) is 9.25. The summed E-state index contributed by atoms with van der Waals surface area (Å²) in [5.41, 5.74) is 3.13. The molecule has 1 N–H and O–H groups in total. The molecule has 3 heteroatoms. The van der Waals surface area contributed by atoms with E-state index in [9.17, 15) is 9.90 Å². The van der Waals surface area contributed by atoms with Crippen molar-refractivity contribution >= 4 is 6.29 Å². The third-order valence-corrected chi connectivity index (χ3v) is 8.25. The second kappa shape index (κ2) is 6.58. The number of benzene rings is 1. The normalized spacial score (nSPS) is 36.6. The van der Waals surface area contributed by atoms with Crippen LogP contribution in [0.15, 0.2) is 12.1 Å². The Balaban J connectivity index is 1.64. The number of hydrogen-bond donors (Lipinski definition) is 1. The van der Waals surface area contributed by atoms with Crippen molar-refractivity contribution in [2.45, 2.75) is 64.7 Å². The van der Waals surface area contributed by atoms with E-state index in [1.165, 1.54) is 43.2 Å². The van der Waals surface area contributed by atoms with Gasteiger partial charge >= 0.3 is 0 Å². The van der Waals surface area contributed by atoms with Gasteiger partial charge in [0.1, 0.15) is 6.29 Å². The van der Waals surface area contributed by atoms with Crippen LogP contribution in [-0.2, 0) is 11.2 Å². The Morgan fingerprint density at radius 2 is 2.12 bits per heavy atom. The first-order valence-corrected chi connectivity index (χ1v) is 10.3. The molecule has 0 spiro atoms. The lowest BCUT2D eigenvalue weighted by molar-refractivity contribution is -0.109. The van der Waals surface area contributed by atoms with E-state index >= 15 is 0 Å². The first-order chi connectivity index (χ1) is 12.5. The number of phenolic OH excluding ortho intramolecular Hbond substituents is 1. The van der Waals surface area contributed by atoms with Gasteiger partial charge in [-0.15, -0.1) is 0 Å². The lowest BCUT2D eigenvalue weighted by atomic mass is 9.53. The first-order valence-electron chi connectivity index (χ1n) is 10.3. The lowest BCUT2D eigenvalue weighted by Gasteiger charge is -2.52. The highest BCUT2D eigenvalue weighted by atomic mass is 16.5. The number of carbonyl (C=O) groups excluding carboxylic acids is 1. The van der Waals surface area contributed by atoms with Crippen molar-refractivity contribution in [3.8, 4) is 11.5 Å². The minimum Gasteiger partial charge on any atom is -0.504 e. The van der Waals surface area contributed by atoms with E-state index in [2.05, 4.69) is 19.9 Å². The number of hydrogen-bond acceptors (Lipinski definition) is 3. The Labute approximate surface area is 157 Å². The third-order valence-electron chi connectivity index (χ3n) is 8.25. The van der Waals surface area contributed by atoms with Crippen molar-refractivity contribution < 1.29 is 14.6 Å². The van der Waals surface area contributed by atoms with Crippen LogP contribution in [0.4, 0.5) is 0 Å². The van der Waals surface area contributed by atoms with Crippen molar-refractivity contribution in [3.05, 3.63) is 23.3 Å². The van der Waals surface area contributed by atoms with Crippen LogP contribution in [0.25, 0.3) is 0 Å². The van der Waals surface area contributed by atoms with Gasteiger partial charge in [-0.3, -0.25) is 0 Å². The average Bonchev–Trinajstić information content (AvgIpc) is 2.98. The number of rotatable bonds is 4. The van der Waals surface area contributed by atoms with E-state index in [-0.39, 0.29) is 5.75 Å². The fraction of sp³-hybridized carbons (Fsp3) is 0.696. The van der Waals surface area contributed by atoms with E-state index in [0.29, 0.717) is 35.3 Å². The zero-order valence-corrected chi connectivity index (χ0v) is 16.3. The molecule has 26 heavy (non-hydrogen) atoms. The summed E-state index contributed by atoms with van der Waals surface area (Å²) >= 11 is 0. The van der Waals surface area contributed by atoms with Crippen LogP contribution in [0.5, 0.6) is 11.5 Å². The molecule has 4 rings (SSSR count). The highest BCUT2D eigenvalue weighted by Gasteiger charge is 2.55. The molecule has 0 aliphatic heterocycles. The molecule has 0 bridgehead atoms. The van der Waals surface area contributed by atoms with Gasteiger partial charge in [0.15, 0.2) is 11.5 Å². The summed E-state index contributed by atoms with van der Waals surface area (Å²) in [4.78, 5) is 11.1. The predicted molar refractivity (Wildman–Crippen MR) is 103 cm³/mol. The molecule has 2 fully saturated rings. The van der Waals surface area contributed by atoms with E-state index in [0.717, 1.165) is 24.5 Å². The Kier molecular flexibility index (Phi) is 4.53. The predicted octanol–water partition coefficient (Wildman–Crippen LogP) is 5.10. The van der Waals surface area contributed by atoms with Crippen LogP contribution < -0.4 is 4.74 Å². The maximum absolute atomic E-state index is 11.1. The molecule has 0 radical (unpaired) electrons. The van der Waals surface area contributed by atoms with Crippen molar-refractivity contribution in [3.63, 3.8) is 0 Å². The zero-order valence-electron chi connectivity index (χ0n) is 16.3. The first kappa shape index (κ1) is 17.9. The summed E-state index contributed by atoms with van der Waals surface area (Å²) in [5, 5.41) is 10.1. The molecule has 6 atom stereocenters. The summed E-state index contributed by atoms with van der Waals surface area (Å²) in [6.07, 6.45) is 9.20. The molecule has 0 heterocycles. The zero-order chi connectivity index (χ0) is 18.5. The van der Waals surface area contributed by atoms with Gasteiger partial charge in [-0.05, 0) is 96.8 Å². The summed E-state index contributed by atoms with van der Waals surface area (Å²) in [7, 11) is 1.63. The van der Waals surface area contributed by atoms with Crippen LogP contribution in [0, 0.1) is 29.1 Å². The van der Waals surface area contributed by atoms with Crippen molar-refractivity contribution in [2.24, 2.45) is 29.1 Å². The quantitative estimate of drug-likeness (QED) is 0.764. The molecule has 1 aromatic carbocycles. The molecule has 1 aromatic rings. The van der Waals surface area contributed by atoms with E-state index in [1.807, 2.05) is 6.07 Å². The molecule has 2 saturated carbocycles. The van der Waals surface area contributed by atoms with Gasteiger partial charge in [0.2, 0.25) is 0 Å². The molecule has 0 amide bonds.